The molecule has 8 rings (SSSR count). The molecule has 10 heteroatoms. The SMILES string of the molecule is CCN1CCC[C@H]1CNC(=O)c1cccc(-c2cccc(CN3O[C@@H](CO)[C@@H]([C@H](C)O)[C@H]3C(O)N[C@H]3C[C@H]4C[C@@H]([C@@H]3C)C4(C)C)c2OCC2CC2)c1. The van der Waals surface area contributed by atoms with Crippen LogP contribution in [0.4, 0.5) is 0 Å². The van der Waals surface area contributed by atoms with E-state index in [1.165, 1.54) is 12.8 Å². The molecule has 2 heterocycles. The number of hydrogen-bond acceptors (Lipinski definition) is 9. The molecule has 4 saturated carbocycles. The third-order valence-corrected chi connectivity index (χ3v) is 13.6. The number of para-hydroxylation sites is 1. The van der Waals surface area contributed by atoms with Gasteiger partial charge in [-0.25, -0.2) is 0 Å². The molecular formula is C42H62N4O6. The molecule has 0 aromatic heterocycles. The molecule has 0 radical (unpaired) electrons. The molecular weight excluding hydrogens is 656 g/mol. The van der Waals surface area contributed by atoms with Gasteiger partial charge in [-0.05, 0) is 105 Å². The fourth-order valence-corrected chi connectivity index (χ4v) is 10.1. The van der Waals surface area contributed by atoms with E-state index in [1.54, 1.807) is 12.0 Å². The van der Waals surface area contributed by atoms with Gasteiger partial charge in [0.1, 0.15) is 18.1 Å². The maximum atomic E-state index is 13.4. The Morgan fingerprint density at radius 1 is 1.12 bits per heavy atom. The molecule has 6 fully saturated rings. The smallest absolute Gasteiger partial charge is 0.251 e. The highest BCUT2D eigenvalue weighted by atomic mass is 16.7. The lowest BCUT2D eigenvalue weighted by atomic mass is 9.44. The first kappa shape index (κ1) is 37.7. The minimum atomic E-state index is -0.980. The number of benzene rings is 2. The number of aliphatic hydroxyl groups is 3. The number of nitrogens with zero attached hydrogens (tertiary/aromatic N) is 2. The van der Waals surface area contributed by atoms with E-state index in [9.17, 15) is 20.1 Å². The quantitative estimate of drug-likeness (QED) is 0.165. The standard InChI is InChI=1S/C42H62N4O6/c1-6-45-17-9-13-32(45)21-43-40(49)29-11-7-10-28(18-29)33-14-8-12-30(39(33)51-24-27-15-16-27)22-46-38(37(26(3)48)36(23-47)52-46)41(50)44-35-20-31-19-34(25(35)2)42(31,4)5/h7-8,10-12,14,18,25-27,31-32,34-38,41,44,47-48,50H,6,9,13,15-17,19-24H2,1-5H3,(H,43,49)/t25-,26-,31+,32-,34-,35-,36-,37+,38-,41?/m0/s1. The van der Waals surface area contributed by atoms with Crippen LogP contribution in [0, 0.1) is 35.0 Å². The third kappa shape index (κ3) is 7.54. The normalized spacial score (nSPS) is 32.7. The van der Waals surface area contributed by atoms with E-state index < -0.39 is 30.4 Å². The van der Waals surface area contributed by atoms with Gasteiger partial charge >= 0.3 is 0 Å². The van der Waals surface area contributed by atoms with Crippen LogP contribution in [0.25, 0.3) is 11.1 Å². The fourth-order valence-electron chi connectivity index (χ4n) is 10.1. The average molecular weight is 719 g/mol. The van der Waals surface area contributed by atoms with Crippen LogP contribution in [0.3, 0.4) is 0 Å². The van der Waals surface area contributed by atoms with E-state index in [1.807, 2.05) is 42.5 Å². The van der Waals surface area contributed by atoms with Gasteiger partial charge in [0.15, 0.2) is 0 Å². The van der Waals surface area contributed by atoms with Crippen LogP contribution in [0.1, 0.15) is 89.1 Å². The van der Waals surface area contributed by atoms with Crippen molar-refractivity contribution in [3.05, 3.63) is 53.6 Å². The monoisotopic (exact) mass is 718 g/mol. The molecule has 2 aromatic rings. The Hall–Kier alpha value is -2.57. The lowest BCUT2D eigenvalue weighted by Crippen LogP contribution is -2.63. The van der Waals surface area contributed by atoms with Crippen molar-refractivity contribution in [2.24, 2.45) is 35.0 Å². The summed E-state index contributed by atoms with van der Waals surface area (Å²) in [6.07, 6.45) is 4.35. The molecule has 10 atom stereocenters. The highest BCUT2D eigenvalue weighted by molar-refractivity contribution is 5.95. The molecule has 1 amide bonds. The molecule has 2 aliphatic heterocycles. The molecule has 10 nitrogen and oxygen atoms in total. The lowest BCUT2D eigenvalue weighted by molar-refractivity contribution is -0.195. The number of fused-ring (bicyclic) bond motifs is 2. The van der Waals surface area contributed by atoms with Gasteiger partial charge in [-0.2, -0.15) is 5.06 Å². The summed E-state index contributed by atoms with van der Waals surface area (Å²) in [6, 6.07) is 13.7. The van der Waals surface area contributed by atoms with Crippen LogP contribution in [0.5, 0.6) is 5.75 Å². The van der Waals surface area contributed by atoms with Gasteiger partial charge in [-0.15, -0.1) is 0 Å². The van der Waals surface area contributed by atoms with Crippen molar-refractivity contribution in [2.45, 2.75) is 116 Å². The predicted octanol–water partition coefficient (Wildman–Crippen LogP) is 4.81. The summed E-state index contributed by atoms with van der Waals surface area (Å²) in [4.78, 5) is 22.2. The Morgan fingerprint density at radius 3 is 2.60 bits per heavy atom. The second-order valence-electron chi connectivity index (χ2n) is 17.1. The van der Waals surface area contributed by atoms with Crippen molar-refractivity contribution in [3.8, 4) is 16.9 Å². The van der Waals surface area contributed by atoms with Crippen molar-refractivity contribution in [1.29, 1.82) is 0 Å². The Bertz CT molecular complexity index is 1550. The Morgan fingerprint density at radius 2 is 1.90 bits per heavy atom. The van der Waals surface area contributed by atoms with Gasteiger partial charge in [0, 0.05) is 41.2 Å². The van der Waals surface area contributed by atoms with E-state index in [4.69, 9.17) is 9.57 Å². The summed E-state index contributed by atoms with van der Waals surface area (Å²) in [7, 11) is 0. The van der Waals surface area contributed by atoms with Crippen LogP contribution < -0.4 is 15.4 Å². The summed E-state index contributed by atoms with van der Waals surface area (Å²) in [5.74, 6) is 2.31. The van der Waals surface area contributed by atoms with Crippen LogP contribution >= 0.6 is 0 Å². The topological polar surface area (TPSA) is 127 Å². The Balaban J connectivity index is 1.13. The molecule has 2 saturated heterocycles. The summed E-state index contributed by atoms with van der Waals surface area (Å²) >= 11 is 0. The highest BCUT2D eigenvalue weighted by Crippen LogP contribution is 2.61. The second-order valence-corrected chi connectivity index (χ2v) is 17.1. The number of hydroxylamine groups is 2. The van der Waals surface area contributed by atoms with Gasteiger partial charge in [0.25, 0.3) is 5.91 Å². The van der Waals surface area contributed by atoms with E-state index in [0.29, 0.717) is 53.8 Å². The van der Waals surface area contributed by atoms with Gasteiger partial charge in [-0.3, -0.25) is 19.8 Å². The number of nitrogens with one attached hydrogen (secondary N) is 2. The molecule has 4 aliphatic carbocycles. The molecule has 2 bridgehead atoms. The first-order chi connectivity index (χ1) is 25.0. The number of carbonyl (C=O) groups is 1. The number of hydrogen-bond donors (Lipinski definition) is 5. The van der Waals surface area contributed by atoms with Crippen molar-refractivity contribution in [1.82, 2.24) is 20.6 Å². The lowest BCUT2D eigenvalue weighted by Gasteiger charge is -2.62. The molecule has 286 valence electrons. The average Bonchev–Trinajstić information content (AvgIpc) is 3.72. The minimum Gasteiger partial charge on any atom is -0.492 e. The molecule has 52 heavy (non-hydrogen) atoms. The molecule has 1 unspecified atom stereocenters. The zero-order chi connectivity index (χ0) is 36.7. The zero-order valence-electron chi connectivity index (χ0n) is 31.8. The maximum Gasteiger partial charge on any atom is 0.251 e. The van der Waals surface area contributed by atoms with Crippen LogP contribution in [0.15, 0.2) is 42.5 Å². The van der Waals surface area contributed by atoms with Crippen LogP contribution in [-0.4, -0.2) is 101 Å². The van der Waals surface area contributed by atoms with Gasteiger partial charge in [-0.1, -0.05) is 58.0 Å². The van der Waals surface area contributed by atoms with Crippen molar-refractivity contribution >= 4 is 5.91 Å². The van der Waals surface area contributed by atoms with E-state index >= 15 is 0 Å². The first-order valence-corrected chi connectivity index (χ1v) is 20.0. The summed E-state index contributed by atoms with van der Waals surface area (Å²) in [5, 5.41) is 41.9. The number of likely N-dealkylation sites (N-methyl/N-ethyl adjacent to an activating group) is 1. The molecule has 5 N–H and O–H groups in total. The third-order valence-electron chi connectivity index (χ3n) is 13.6. The van der Waals surface area contributed by atoms with Gasteiger partial charge in [0.2, 0.25) is 0 Å². The summed E-state index contributed by atoms with van der Waals surface area (Å²) < 4.78 is 6.63. The highest BCUT2D eigenvalue weighted by Gasteiger charge is 2.57. The number of carbonyl (C=O) groups excluding carboxylic acids is 1. The zero-order valence-corrected chi connectivity index (χ0v) is 31.8. The van der Waals surface area contributed by atoms with Gasteiger partial charge < -0.3 is 25.4 Å². The fraction of sp³-hybridized carbons (Fsp3) is 0.690. The molecule has 2 aromatic carbocycles. The van der Waals surface area contributed by atoms with Crippen molar-refractivity contribution in [2.75, 3.05) is 32.8 Å². The number of amides is 1. The maximum absolute atomic E-state index is 13.4. The van der Waals surface area contributed by atoms with E-state index in [0.717, 1.165) is 61.2 Å². The number of ether oxygens (including phenoxy) is 1. The number of rotatable bonds is 15. The summed E-state index contributed by atoms with van der Waals surface area (Å²) in [5.41, 5.74) is 3.59. The van der Waals surface area contributed by atoms with E-state index in [2.05, 4.69) is 43.2 Å². The van der Waals surface area contributed by atoms with Crippen LogP contribution in [0.2, 0.25) is 0 Å². The predicted molar refractivity (Wildman–Crippen MR) is 201 cm³/mol. The second kappa shape index (κ2) is 15.7. The number of likely N-dealkylation sites (tertiary alicyclic amines) is 1. The Labute approximate surface area is 310 Å². The molecule has 0 spiro atoms. The Kier molecular flexibility index (Phi) is 11.4. The summed E-state index contributed by atoms with van der Waals surface area (Å²) in [6.45, 7) is 14.2. The van der Waals surface area contributed by atoms with Crippen molar-refractivity contribution in [3.63, 3.8) is 0 Å². The largest absolute Gasteiger partial charge is 0.492 e. The van der Waals surface area contributed by atoms with E-state index in [-0.39, 0.29) is 25.1 Å². The van der Waals surface area contributed by atoms with Crippen LogP contribution in [-0.2, 0) is 11.4 Å². The van der Waals surface area contributed by atoms with Gasteiger partial charge in [0.05, 0.1) is 31.9 Å². The molecule has 6 aliphatic rings. The number of aliphatic hydroxyl groups excluding tert-OH is 3. The minimum absolute atomic E-state index is 0.0800. The first-order valence-electron chi connectivity index (χ1n) is 20.0. The van der Waals surface area contributed by atoms with Crippen molar-refractivity contribution < 1.29 is 29.7 Å².